The summed E-state index contributed by atoms with van der Waals surface area (Å²) >= 11 is 5.98. The maximum Gasteiger partial charge on any atom is 0.263 e. The second-order valence-electron chi connectivity index (χ2n) is 5.96. The van der Waals surface area contributed by atoms with Gasteiger partial charge in [-0.25, -0.2) is 16.8 Å². The predicted octanol–water partition coefficient (Wildman–Crippen LogP) is 3.24. The molecule has 0 aliphatic carbocycles. The highest BCUT2D eigenvalue weighted by molar-refractivity contribution is 7.93. The van der Waals surface area contributed by atoms with Crippen LogP contribution in [-0.4, -0.2) is 29.1 Å². The van der Waals surface area contributed by atoms with E-state index in [4.69, 9.17) is 11.6 Å². The van der Waals surface area contributed by atoms with E-state index in [2.05, 4.69) is 4.72 Å². The highest BCUT2D eigenvalue weighted by Crippen LogP contribution is 2.32. The maximum absolute atomic E-state index is 12.6. The first-order chi connectivity index (χ1) is 12.2. The second-order valence-corrected chi connectivity index (χ2v) is 10.2. The molecule has 0 amide bonds. The lowest BCUT2D eigenvalue weighted by Crippen LogP contribution is -2.36. The van der Waals surface area contributed by atoms with Gasteiger partial charge in [0.1, 0.15) is 4.90 Å². The molecule has 26 heavy (non-hydrogen) atoms. The molecule has 0 fully saturated rings. The fraction of sp³-hybridized carbons (Fsp3) is 0.294. The van der Waals surface area contributed by atoms with E-state index in [1.165, 1.54) is 16.4 Å². The number of fused-ring (bicyclic) bond motifs is 1. The van der Waals surface area contributed by atoms with Gasteiger partial charge >= 0.3 is 0 Å². The van der Waals surface area contributed by atoms with Crippen LogP contribution in [0.15, 0.2) is 47.4 Å². The quantitative estimate of drug-likeness (QED) is 0.813. The fourth-order valence-electron chi connectivity index (χ4n) is 2.94. The van der Waals surface area contributed by atoms with Gasteiger partial charge in [-0.15, -0.1) is 0 Å². The van der Waals surface area contributed by atoms with Crippen molar-refractivity contribution in [3.05, 3.63) is 53.1 Å². The zero-order valence-corrected chi connectivity index (χ0v) is 16.5. The van der Waals surface area contributed by atoms with Crippen LogP contribution in [0.5, 0.6) is 0 Å². The average Bonchev–Trinajstić information content (AvgIpc) is 2.60. The topological polar surface area (TPSA) is 83.6 Å². The summed E-state index contributed by atoms with van der Waals surface area (Å²) in [5.74, 6) is 0.0212. The minimum Gasteiger partial charge on any atom is -0.280 e. The van der Waals surface area contributed by atoms with Crippen molar-refractivity contribution in [3.63, 3.8) is 0 Å². The third-order valence-electron chi connectivity index (χ3n) is 4.23. The Hall–Kier alpha value is -1.77. The Kier molecular flexibility index (Phi) is 5.18. The second kappa shape index (κ2) is 7.09. The Morgan fingerprint density at radius 3 is 2.54 bits per heavy atom. The summed E-state index contributed by atoms with van der Waals surface area (Å²) in [6, 6.07) is 11.1. The molecule has 2 aromatic carbocycles. The lowest BCUT2D eigenvalue weighted by Gasteiger charge is -2.30. The Morgan fingerprint density at radius 2 is 1.85 bits per heavy atom. The Morgan fingerprint density at radius 1 is 1.12 bits per heavy atom. The zero-order chi connectivity index (χ0) is 18.9. The van der Waals surface area contributed by atoms with Gasteiger partial charge in [0.25, 0.3) is 10.0 Å². The monoisotopic (exact) mass is 414 g/mol. The number of halogens is 1. The van der Waals surface area contributed by atoms with Crippen molar-refractivity contribution in [1.29, 1.82) is 0 Å². The summed E-state index contributed by atoms with van der Waals surface area (Å²) in [6.45, 7) is 2.05. The standard InChI is InChI=1S/C17H19ClN2O4S2/c1-2-25(21,22)20-11-5-6-13-12-14(9-10-16(13)20)19-26(23,24)17-8-4-3-7-15(17)18/h3-4,7-10,12,19H,2,5-6,11H2,1H3. The number of nitrogens with one attached hydrogen (secondary N) is 1. The molecule has 1 aliphatic rings. The van der Waals surface area contributed by atoms with Gasteiger partial charge in [0.2, 0.25) is 10.0 Å². The molecular formula is C17H19ClN2O4S2. The molecule has 0 spiro atoms. The van der Waals surface area contributed by atoms with Crippen LogP contribution in [0.4, 0.5) is 11.4 Å². The number of rotatable bonds is 5. The van der Waals surface area contributed by atoms with E-state index < -0.39 is 20.0 Å². The van der Waals surface area contributed by atoms with Gasteiger partial charge in [-0.1, -0.05) is 23.7 Å². The molecule has 0 aromatic heterocycles. The number of hydrogen-bond acceptors (Lipinski definition) is 4. The average molecular weight is 415 g/mol. The van der Waals surface area contributed by atoms with E-state index in [-0.39, 0.29) is 15.7 Å². The van der Waals surface area contributed by atoms with Crippen molar-refractivity contribution in [1.82, 2.24) is 0 Å². The largest absolute Gasteiger partial charge is 0.280 e. The molecule has 6 nitrogen and oxygen atoms in total. The number of aryl methyl sites for hydroxylation is 1. The van der Waals surface area contributed by atoms with Crippen molar-refractivity contribution in [3.8, 4) is 0 Å². The Bertz CT molecular complexity index is 1040. The van der Waals surface area contributed by atoms with Crippen LogP contribution in [0.1, 0.15) is 18.9 Å². The minimum absolute atomic E-state index is 0.00502. The van der Waals surface area contributed by atoms with E-state index in [1.54, 1.807) is 37.3 Å². The number of hydrogen-bond donors (Lipinski definition) is 1. The third-order valence-corrected chi connectivity index (χ3v) is 7.90. The molecule has 0 bridgehead atoms. The van der Waals surface area contributed by atoms with E-state index in [9.17, 15) is 16.8 Å². The first kappa shape index (κ1) is 19.0. The molecule has 1 N–H and O–H groups in total. The van der Waals surface area contributed by atoms with Gasteiger partial charge in [-0.05, 0) is 55.7 Å². The predicted molar refractivity (Wildman–Crippen MR) is 104 cm³/mol. The number of anilines is 2. The molecule has 0 unspecified atom stereocenters. The molecule has 1 heterocycles. The number of sulfonamides is 2. The molecule has 0 radical (unpaired) electrons. The molecule has 0 atom stereocenters. The van der Waals surface area contributed by atoms with Crippen LogP contribution in [0, 0.1) is 0 Å². The van der Waals surface area contributed by atoms with Crippen molar-refractivity contribution < 1.29 is 16.8 Å². The van der Waals surface area contributed by atoms with Crippen LogP contribution in [0.25, 0.3) is 0 Å². The highest BCUT2D eigenvalue weighted by Gasteiger charge is 2.26. The Balaban J connectivity index is 1.94. The van der Waals surface area contributed by atoms with Crippen molar-refractivity contribution in [2.45, 2.75) is 24.7 Å². The van der Waals surface area contributed by atoms with Crippen molar-refractivity contribution in [2.75, 3.05) is 21.3 Å². The van der Waals surface area contributed by atoms with Crippen molar-refractivity contribution in [2.24, 2.45) is 0 Å². The van der Waals surface area contributed by atoms with E-state index in [1.807, 2.05) is 0 Å². The van der Waals surface area contributed by atoms with Gasteiger partial charge in [0.05, 0.1) is 16.5 Å². The van der Waals surface area contributed by atoms with E-state index in [0.717, 1.165) is 5.56 Å². The van der Waals surface area contributed by atoms with Gasteiger partial charge in [0, 0.05) is 12.2 Å². The smallest absolute Gasteiger partial charge is 0.263 e. The zero-order valence-electron chi connectivity index (χ0n) is 14.1. The highest BCUT2D eigenvalue weighted by atomic mass is 35.5. The molecule has 140 valence electrons. The SMILES string of the molecule is CCS(=O)(=O)N1CCCc2cc(NS(=O)(=O)c3ccccc3Cl)ccc21. The van der Waals surface area contributed by atoms with E-state index in [0.29, 0.717) is 30.8 Å². The van der Waals surface area contributed by atoms with Gasteiger partial charge in [-0.3, -0.25) is 9.03 Å². The fourth-order valence-corrected chi connectivity index (χ4v) is 5.71. The number of benzene rings is 2. The normalized spacial score (nSPS) is 14.8. The van der Waals surface area contributed by atoms with Gasteiger partial charge in [-0.2, -0.15) is 0 Å². The molecule has 0 saturated heterocycles. The third kappa shape index (κ3) is 3.67. The molecule has 2 aromatic rings. The summed E-state index contributed by atoms with van der Waals surface area (Å²) in [6.07, 6.45) is 1.37. The first-order valence-electron chi connectivity index (χ1n) is 8.15. The van der Waals surface area contributed by atoms with Crippen LogP contribution in [-0.2, 0) is 26.5 Å². The molecule has 0 saturated carbocycles. The number of nitrogens with zero attached hydrogens (tertiary/aromatic N) is 1. The summed E-state index contributed by atoms with van der Waals surface area (Å²) in [4.78, 5) is -0.00502. The lowest BCUT2D eigenvalue weighted by molar-refractivity contribution is 0.587. The summed E-state index contributed by atoms with van der Waals surface area (Å²) in [5.41, 5.74) is 1.78. The van der Waals surface area contributed by atoms with Gasteiger partial charge in [0.15, 0.2) is 0 Å². The lowest BCUT2D eigenvalue weighted by atomic mass is 10.0. The van der Waals surface area contributed by atoms with Crippen LogP contribution < -0.4 is 9.03 Å². The minimum atomic E-state index is -3.83. The maximum atomic E-state index is 12.6. The molecule has 3 rings (SSSR count). The Labute approximate surface area is 158 Å². The summed E-state index contributed by atoms with van der Waals surface area (Å²) in [5, 5.41) is 0.137. The van der Waals surface area contributed by atoms with Crippen molar-refractivity contribution >= 4 is 43.0 Å². The molecule has 1 aliphatic heterocycles. The molecule has 9 heteroatoms. The van der Waals surface area contributed by atoms with Crippen LogP contribution in [0.3, 0.4) is 0 Å². The summed E-state index contributed by atoms with van der Waals surface area (Å²) < 4.78 is 53.5. The summed E-state index contributed by atoms with van der Waals surface area (Å²) in [7, 11) is -7.18. The van der Waals surface area contributed by atoms with Crippen LogP contribution in [0.2, 0.25) is 5.02 Å². The van der Waals surface area contributed by atoms with E-state index >= 15 is 0 Å². The first-order valence-corrected chi connectivity index (χ1v) is 11.6. The molecular weight excluding hydrogens is 396 g/mol. The van der Waals surface area contributed by atoms with Crippen LogP contribution >= 0.6 is 11.6 Å². The van der Waals surface area contributed by atoms with Gasteiger partial charge < -0.3 is 0 Å².